The number of para-hydroxylation sites is 2. The van der Waals surface area contributed by atoms with Crippen LogP contribution in [0.1, 0.15) is 15.9 Å². The molecule has 0 aromatic heterocycles. The summed E-state index contributed by atoms with van der Waals surface area (Å²) < 4.78 is 21.3. The Labute approximate surface area is 192 Å². The predicted molar refractivity (Wildman–Crippen MR) is 125 cm³/mol. The largest absolute Gasteiger partial charge is 0.495 e. The van der Waals surface area contributed by atoms with Crippen molar-refractivity contribution in [1.29, 1.82) is 0 Å². The summed E-state index contributed by atoms with van der Waals surface area (Å²) >= 11 is 0. The average Bonchev–Trinajstić information content (AvgIpc) is 2.83. The fourth-order valence-corrected chi connectivity index (χ4v) is 3.11. The highest BCUT2D eigenvalue weighted by Gasteiger charge is 2.14. The molecule has 0 saturated carbocycles. The van der Waals surface area contributed by atoms with Crippen LogP contribution >= 0.6 is 0 Å². The van der Waals surface area contributed by atoms with Crippen LogP contribution in [0.2, 0.25) is 0 Å². The van der Waals surface area contributed by atoms with E-state index in [1.165, 1.54) is 14.2 Å². The number of methoxy groups -OCH3 is 3. The van der Waals surface area contributed by atoms with E-state index in [9.17, 15) is 9.59 Å². The summed E-state index contributed by atoms with van der Waals surface area (Å²) in [6.45, 7) is 0.209. The van der Waals surface area contributed by atoms with Crippen LogP contribution in [0.15, 0.2) is 66.7 Å². The topological polar surface area (TPSA) is 95.1 Å². The second-order valence-corrected chi connectivity index (χ2v) is 6.99. The lowest BCUT2D eigenvalue weighted by molar-refractivity contribution is -0.118. The van der Waals surface area contributed by atoms with Gasteiger partial charge in [-0.15, -0.1) is 0 Å². The van der Waals surface area contributed by atoms with Crippen molar-refractivity contribution in [3.63, 3.8) is 0 Å². The van der Waals surface area contributed by atoms with E-state index in [1.54, 1.807) is 49.6 Å². The number of carbonyl (C=O) groups is 2. The lowest BCUT2D eigenvalue weighted by atomic mass is 10.1. The van der Waals surface area contributed by atoms with E-state index in [0.717, 1.165) is 5.56 Å². The third-order valence-electron chi connectivity index (χ3n) is 4.66. The number of nitrogens with one attached hydrogen (secondary N) is 2. The number of hydrogen-bond acceptors (Lipinski definition) is 6. The standard InChI is InChI=1S/C25H26N2O6/c1-30-15-17-7-6-8-19(13-17)26-25(29)18-11-12-22(23(14-18)32-3)33-16-24(28)27-20-9-4-5-10-21(20)31-2/h4-14H,15-16H2,1-3H3,(H,26,29)(H,27,28). The maximum Gasteiger partial charge on any atom is 0.262 e. The lowest BCUT2D eigenvalue weighted by Gasteiger charge is -2.13. The van der Waals surface area contributed by atoms with Crippen molar-refractivity contribution in [3.8, 4) is 17.2 Å². The molecule has 0 aliphatic heterocycles. The van der Waals surface area contributed by atoms with Crippen molar-refractivity contribution in [3.05, 3.63) is 77.9 Å². The highest BCUT2D eigenvalue weighted by atomic mass is 16.5. The van der Waals surface area contributed by atoms with Gasteiger partial charge in [0.25, 0.3) is 11.8 Å². The minimum Gasteiger partial charge on any atom is -0.495 e. The molecule has 0 spiro atoms. The maximum atomic E-state index is 12.7. The Morgan fingerprint density at radius 2 is 1.58 bits per heavy atom. The van der Waals surface area contributed by atoms with Gasteiger partial charge in [-0.3, -0.25) is 9.59 Å². The quantitative estimate of drug-likeness (QED) is 0.483. The molecule has 0 bridgehead atoms. The normalized spacial score (nSPS) is 10.3. The van der Waals surface area contributed by atoms with Gasteiger partial charge in [0, 0.05) is 18.4 Å². The number of anilines is 2. The van der Waals surface area contributed by atoms with Gasteiger partial charge in [-0.25, -0.2) is 0 Å². The molecule has 3 aromatic carbocycles. The molecule has 0 aliphatic rings. The Morgan fingerprint density at radius 1 is 0.788 bits per heavy atom. The molecule has 2 amide bonds. The first-order valence-corrected chi connectivity index (χ1v) is 10.2. The van der Waals surface area contributed by atoms with E-state index in [0.29, 0.717) is 40.8 Å². The first kappa shape index (κ1) is 23.6. The fourth-order valence-electron chi connectivity index (χ4n) is 3.11. The molecule has 0 saturated heterocycles. The molecule has 8 nitrogen and oxygen atoms in total. The van der Waals surface area contributed by atoms with Gasteiger partial charge in [0.15, 0.2) is 18.1 Å². The zero-order valence-electron chi connectivity index (χ0n) is 18.7. The SMILES string of the molecule is COCc1cccc(NC(=O)c2ccc(OCC(=O)Nc3ccccc3OC)c(OC)c2)c1. The van der Waals surface area contributed by atoms with E-state index in [1.807, 2.05) is 24.3 Å². The third kappa shape index (κ3) is 6.47. The third-order valence-corrected chi connectivity index (χ3v) is 4.66. The molecule has 0 unspecified atom stereocenters. The summed E-state index contributed by atoms with van der Waals surface area (Å²) in [5, 5.41) is 5.59. The number of rotatable bonds is 10. The van der Waals surface area contributed by atoms with Crippen molar-refractivity contribution in [2.24, 2.45) is 0 Å². The zero-order valence-corrected chi connectivity index (χ0v) is 18.7. The lowest BCUT2D eigenvalue weighted by Crippen LogP contribution is -2.20. The van der Waals surface area contributed by atoms with Crippen LogP contribution in [0.25, 0.3) is 0 Å². The molecule has 0 radical (unpaired) electrons. The van der Waals surface area contributed by atoms with Crippen LogP contribution in [0.5, 0.6) is 17.2 Å². The Balaban J connectivity index is 1.63. The molecule has 0 aliphatic carbocycles. The Hall–Kier alpha value is -4.04. The number of benzene rings is 3. The van der Waals surface area contributed by atoms with Gasteiger partial charge in [0.2, 0.25) is 0 Å². The van der Waals surface area contributed by atoms with E-state index in [4.69, 9.17) is 18.9 Å². The van der Waals surface area contributed by atoms with Crippen LogP contribution < -0.4 is 24.8 Å². The molecule has 3 rings (SSSR count). The molecule has 2 N–H and O–H groups in total. The molecule has 3 aromatic rings. The summed E-state index contributed by atoms with van der Waals surface area (Å²) in [6, 6.07) is 19.2. The average molecular weight is 450 g/mol. The van der Waals surface area contributed by atoms with E-state index in [-0.39, 0.29) is 18.4 Å². The molecule has 8 heteroatoms. The molecule has 0 atom stereocenters. The molecule has 0 fully saturated rings. The van der Waals surface area contributed by atoms with Crippen LogP contribution in [0, 0.1) is 0 Å². The maximum absolute atomic E-state index is 12.7. The van der Waals surface area contributed by atoms with Crippen LogP contribution in [0.4, 0.5) is 11.4 Å². The summed E-state index contributed by atoms with van der Waals surface area (Å²) in [5.74, 6) is 0.557. The Kier molecular flexibility index (Phi) is 8.26. The van der Waals surface area contributed by atoms with Gasteiger partial charge in [0.05, 0.1) is 26.5 Å². The Morgan fingerprint density at radius 3 is 2.33 bits per heavy atom. The van der Waals surface area contributed by atoms with Gasteiger partial charge in [-0.05, 0) is 48.0 Å². The van der Waals surface area contributed by atoms with Crippen molar-refractivity contribution < 1.29 is 28.5 Å². The number of ether oxygens (including phenoxy) is 4. The zero-order chi connectivity index (χ0) is 23.6. The summed E-state index contributed by atoms with van der Waals surface area (Å²) in [4.78, 5) is 25.0. The molecular weight excluding hydrogens is 424 g/mol. The first-order chi connectivity index (χ1) is 16.0. The number of amides is 2. The molecule has 0 heterocycles. The van der Waals surface area contributed by atoms with E-state index in [2.05, 4.69) is 10.6 Å². The van der Waals surface area contributed by atoms with Crippen molar-refractivity contribution in [2.75, 3.05) is 38.6 Å². The fraction of sp³-hybridized carbons (Fsp3) is 0.200. The van der Waals surface area contributed by atoms with Crippen LogP contribution in [-0.4, -0.2) is 39.8 Å². The molecular formula is C25H26N2O6. The molecule has 172 valence electrons. The summed E-state index contributed by atoms with van der Waals surface area (Å²) in [7, 11) is 4.61. The van der Waals surface area contributed by atoms with Gasteiger partial charge >= 0.3 is 0 Å². The van der Waals surface area contributed by atoms with Gasteiger partial charge in [0.1, 0.15) is 5.75 Å². The van der Waals surface area contributed by atoms with Crippen molar-refractivity contribution >= 4 is 23.2 Å². The second kappa shape index (κ2) is 11.5. The molecule has 33 heavy (non-hydrogen) atoms. The van der Waals surface area contributed by atoms with E-state index >= 15 is 0 Å². The minimum absolute atomic E-state index is 0.244. The van der Waals surface area contributed by atoms with Crippen molar-refractivity contribution in [2.45, 2.75) is 6.61 Å². The Bertz CT molecular complexity index is 1120. The highest BCUT2D eigenvalue weighted by molar-refractivity contribution is 6.04. The van der Waals surface area contributed by atoms with E-state index < -0.39 is 0 Å². The summed E-state index contributed by atoms with van der Waals surface area (Å²) in [6.07, 6.45) is 0. The smallest absolute Gasteiger partial charge is 0.262 e. The first-order valence-electron chi connectivity index (χ1n) is 10.2. The monoisotopic (exact) mass is 450 g/mol. The minimum atomic E-state index is -0.362. The number of hydrogen-bond donors (Lipinski definition) is 2. The van der Waals surface area contributed by atoms with Gasteiger partial charge in [-0.1, -0.05) is 24.3 Å². The van der Waals surface area contributed by atoms with Gasteiger partial charge in [-0.2, -0.15) is 0 Å². The van der Waals surface area contributed by atoms with Gasteiger partial charge < -0.3 is 29.6 Å². The summed E-state index contributed by atoms with van der Waals surface area (Å²) in [5.41, 5.74) is 2.53. The van der Waals surface area contributed by atoms with Crippen molar-refractivity contribution in [1.82, 2.24) is 0 Å². The number of carbonyl (C=O) groups excluding carboxylic acids is 2. The predicted octanol–water partition coefficient (Wildman–Crippen LogP) is 4.12. The highest BCUT2D eigenvalue weighted by Crippen LogP contribution is 2.29. The van der Waals surface area contributed by atoms with Crippen LogP contribution in [0.3, 0.4) is 0 Å². The van der Waals surface area contributed by atoms with Crippen LogP contribution in [-0.2, 0) is 16.1 Å². The second-order valence-electron chi connectivity index (χ2n) is 6.99.